The Kier molecular flexibility index (Phi) is 11.0. The molecular weight excluding hydrogens is 578 g/mol. The van der Waals surface area contributed by atoms with Crippen LogP contribution in [0.25, 0.3) is 11.2 Å². The number of nitrogens with two attached hydrogens (primary N) is 1. The number of alkyl halides is 1. The number of anilines is 1. The Balaban J connectivity index is 1.85. The number of methoxy groups -OCH3 is 1. The fraction of sp³-hybridized carbons (Fsp3) is 0.520. The van der Waals surface area contributed by atoms with Crippen molar-refractivity contribution in [2.75, 3.05) is 26.1 Å². The summed E-state index contributed by atoms with van der Waals surface area (Å²) in [5.74, 6) is -0.211. The fourth-order valence-electron chi connectivity index (χ4n) is 3.76. The summed E-state index contributed by atoms with van der Waals surface area (Å²) in [5.41, 5.74) is 3.73. The van der Waals surface area contributed by atoms with Crippen LogP contribution in [-0.4, -0.2) is 74.8 Å². The number of hydrogen-bond donors (Lipinski definition) is 3. The van der Waals surface area contributed by atoms with Crippen LogP contribution in [0.15, 0.2) is 36.7 Å². The highest BCUT2D eigenvalue weighted by Gasteiger charge is 2.45. The van der Waals surface area contributed by atoms with Crippen molar-refractivity contribution in [1.82, 2.24) is 24.6 Å². The third-order valence-electron chi connectivity index (χ3n) is 5.73. The van der Waals surface area contributed by atoms with E-state index in [1.807, 2.05) is 0 Å². The highest BCUT2D eigenvalue weighted by molar-refractivity contribution is 8.09. The number of imidazole rings is 1. The molecule has 2 heterocycles. The van der Waals surface area contributed by atoms with Gasteiger partial charge in [-0.25, -0.2) is 14.5 Å². The molecule has 226 valence electrons. The van der Waals surface area contributed by atoms with Crippen LogP contribution in [0.2, 0.25) is 0 Å². The Bertz CT molecular complexity index is 1360. The van der Waals surface area contributed by atoms with E-state index in [-0.39, 0.29) is 29.1 Å². The number of hydrogen-bond acceptors (Lipinski definition) is 12. The van der Waals surface area contributed by atoms with Crippen molar-refractivity contribution < 1.29 is 37.5 Å². The van der Waals surface area contributed by atoms with Crippen molar-refractivity contribution in [2.45, 2.75) is 64.8 Å². The lowest BCUT2D eigenvalue weighted by Gasteiger charge is -2.35. The first-order chi connectivity index (χ1) is 19.3. The van der Waals surface area contributed by atoms with Crippen LogP contribution in [-0.2, 0) is 30.6 Å². The molecule has 0 saturated carbocycles. The molecule has 0 saturated heterocycles. The number of nitrogen functional groups attached to an aromatic ring is 1. The minimum atomic E-state index is -3.53. The number of ether oxygens (including phenoxy) is 3. The van der Waals surface area contributed by atoms with Crippen molar-refractivity contribution in [3.05, 3.63) is 36.7 Å². The SMILES string of the molecule is CCOc1nc(N)nc2c1ncn2[C@H](OC)[C@](C)(F)C(O)CO[P@@](=S)(N[C@H](C)C(=O)OC(C)C)Oc1ccccc1. The van der Waals surface area contributed by atoms with Gasteiger partial charge >= 0.3 is 12.6 Å². The molecule has 2 aromatic heterocycles. The van der Waals surface area contributed by atoms with E-state index in [0.29, 0.717) is 12.4 Å². The standard InChI is InChI=1S/C25H36FN6O7PS/c1-7-36-21-19-20(29-24(27)30-21)32(14-28-19)23(35-6)25(5,26)18(33)13-37-40(41,39-17-11-9-8-10-12-17)31-16(4)22(34)38-15(2)3/h8-12,14-16,18,23,33H,7,13H2,1-6H3,(H,31,41)(H2,27,29,30)/t16-,18?,23-,25-,40+/m1/s1. The van der Waals surface area contributed by atoms with Crippen molar-refractivity contribution in [1.29, 1.82) is 0 Å². The van der Waals surface area contributed by atoms with Crippen molar-refractivity contribution in [3.63, 3.8) is 0 Å². The van der Waals surface area contributed by atoms with Gasteiger partial charge in [0.15, 0.2) is 23.1 Å². The maximum atomic E-state index is 16.4. The maximum Gasteiger partial charge on any atom is 0.323 e. The van der Waals surface area contributed by atoms with Crippen LogP contribution in [0.5, 0.6) is 11.6 Å². The molecule has 0 fully saturated rings. The van der Waals surface area contributed by atoms with E-state index < -0.39 is 43.3 Å². The van der Waals surface area contributed by atoms with E-state index in [2.05, 4.69) is 20.0 Å². The molecule has 13 nitrogen and oxygen atoms in total. The predicted octanol–water partition coefficient (Wildman–Crippen LogP) is 3.29. The molecule has 1 unspecified atom stereocenters. The minimum Gasteiger partial charge on any atom is -0.476 e. The average Bonchev–Trinajstić information content (AvgIpc) is 3.31. The summed E-state index contributed by atoms with van der Waals surface area (Å²) in [6.45, 7) is 3.99. The second-order valence-corrected chi connectivity index (χ2v) is 12.6. The van der Waals surface area contributed by atoms with Crippen LogP contribution >= 0.6 is 6.64 Å². The molecule has 16 heteroatoms. The summed E-state index contributed by atoms with van der Waals surface area (Å²) in [4.78, 5) is 24.9. The second-order valence-electron chi connectivity index (χ2n) is 9.43. The van der Waals surface area contributed by atoms with E-state index in [9.17, 15) is 9.90 Å². The molecule has 0 bridgehead atoms. The van der Waals surface area contributed by atoms with Gasteiger partial charge in [0.1, 0.15) is 17.9 Å². The number of nitrogens with zero attached hydrogens (tertiary/aromatic N) is 4. The highest BCUT2D eigenvalue weighted by atomic mass is 32.5. The van der Waals surface area contributed by atoms with Crippen LogP contribution in [0.3, 0.4) is 0 Å². The zero-order chi connectivity index (χ0) is 30.4. The lowest BCUT2D eigenvalue weighted by molar-refractivity contribution is -0.149. The first kappa shape index (κ1) is 32.6. The number of rotatable bonds is 15. The van der Waals surface area contributed by atoms with Crippen LogP contribution in [0, 0.1) is 0 Å². The highest BCUT2D eigenvalue weighted by Crippen LogP contribution is 2.46. The first-order valence-corrected chi connectivity index (χ1v) is 15.4. The number of aromatic nitrogens is 4. The van der Waals surface area contributed by atoms with Crippen LogP contribution in [0.1, 0.15) is 40.8 Å². The summed E-state index contributed by atoms with van der Waals surface area (Å²) >= 11 is 5.65. The molecule has 0 aliphatic heterocycles. The number of carbonyl (C=O) groups excluding carboxylic acids is 1. The third kappa shape index (κ3) is 8.09. The molecule has 41 heavy (non-hydrogen) atoms. The lowest BCUT2D eigenvalue weighted by atomic mass is 9.99. The Labute approximate surface area is 242 Å². The monoisotopic (exact) mass is 614 g/mol. The number of nitrogens with one attached hydrogen (secondary N) is 1. The van der Waals surface area contributed by atoms with Gasteiger partial charge in [-0.05, 0) is 58.6 Å². The Morgan fingerprint density at radius 3 is 2.56 bits per heavy atom. The molecule has 5 atom stereocenters. The van der Waals surface area contributed by atoms with Gasteiger partial charge in [0.25, 0.3) is 0 Å². The van der Waals surface area contributed by atoms with Crippen LogP contribution in [0.4, 0.5) is 10.3 Å². The molecule has 0 amide bonds. The first-order valence-electron chi connectivity index (χ1n) is 12.8. The number of para-hydroxylation sites is 1. The van der Waals surface area contributed by atoms with E-state index in [1.165, 1.54) is 24.9 Å². The fourth-order valence-corrected chi connectivity index (χ4v) is 6.17. The number of aliphatic hydroxyl groups is 1. The number of fused-ring (bicyclic) bond motifs is 1. The van der Waals surface area contributed by atoms with Gasteiger partial charge in [0, 0.05) is 7.11 Å². The molecule has 0 spiro atoms. The number of benzene rings is 1. The van der Waals surface area contributed by atoms with E-state index in [0.717, 1.165) is 6.92 Å². The van der Waals surface area contributed by atoms with Crippen molar-refractivity contribution >= 4 is 41.5 Å². The van der Waals surface area contributed by atoms with Gasteiger partial charge in [-0.15, -0.1) is 0 Å². The Morgan fingerprint density at radius 2 is 1.95 bits per heavy atom. The summed E-state index contributed by atoms with van der Waals surface area (Å²) < 4.78 is 45.6. The summed E-state index contributed by atoms with van der Waals surface area (Å²) in [7, 11) is 1.27. The van der Waals surface area contributed by atoms with Gasteiger partial charge < -0.3 is 34.1 Å². The summed E-state index contributed by atoms with van der Waals surface area (Å²) in [5, 5.41) is 13.9. The Morgan fingerprint density at radius 1 is 1.27 bits per heavy atom. The number of esters is 1. The maximum absolute atomic E-state index is 16.4. The number of carbonyl (C=O) groups is 1. The molecule has 1 aromatic carbocycles. The average molecular weight is 615 g/mol. The van der Waals surface area contributed by atoms with Crippen molar-refractivity contribution in [3.8, 4) is 11.6 Å². The molecule has 4 N–H and O–H groups in total. The molecule has 0 radical (unpaired) electrons. The van der Waals surface area contributed by atoms with E-state index in [4.69, 9.17) is 40.8 Å². The molecule has 3 rings (SSSR count). The quantitative estimate of drug-likeness (QED) is 0.169. The van der Waals surface area contributed by atoms with Crippen LogP contribution < -0.4 is 20.1 Å². The Hall–Kier alpha value is -2.94. The van der Waals surface area contributed by atoms with Gasteiger partial charge in [-0.3, -0.25) is 9.36 Å². The summed E-state index contributed by atoms with van der Waals surface area (Å²) in [6.07, 6.45) is -2.30. The van der Waals surface area contributed by atoms with Gasteiger partial charge in [-0.2, -0.15) is 9.97 Å². The van der Waals surface area contributed by atoms with Crippen molar-refractivity contribution in [2.24, 2.45) is 0 Å². The molecule has 0 aliphatic carbocycles. The normalized spacial score (nSPS) is 16.9. The zero-order valence-electron chi connectivity index (χ0n) is 23.7. The smallest absolute Gasteiger partial charge is 0.323 e. The summed E-state index contributed by atoms with van der Waals surface area (Å²) in [6, 6.07) is 7.61. The van der Waals surface area contributed by atoms with E-state index >= 15 is 4.39 Å². The van der Waals surface area contributed by atoms with Gasteiger partial charge in [0.05, 0.1) is 25.6 Å². The second kappa shape index (κ2) is 13.8. The van der Waals surface area contributed by atoms with Gasteiger partial charge in [-0.1, -0.05) is 18.2 Å². The number of aliphatic hydroxyl groups excluding tert-OH is 1. The van der Waals surface area contributed by atoms with E-state index in [1.54, 1.807) is 51.1 Å². The molecule has 0 aliphatic rings. The topological polar surface area (TPSA) is 165 Å². The number of halogens is 1. The molecule has 3 aromatic rings. The lowest BCUT2D eigenvalue weighted by Crippen LogP contribution is -2.46. The minimum absolute atomic E-state index is 0.114. The zero-order valence-corrected chi connectivity index (χ0v) is 25.4. The molecular formula is C25H36FN6O7PS. The van der Waals surface area contributed by atoms with Gasteiger partial charge in [0.2, 0.25) is 11.8 Å². The largest absolute Gasteiger partial charge is 0.476 e. The third-order valence-corrected chi connectivity index (χ3v) is 8.23. The predicted molar refractivity (Wildman–Crippen MR) is 154 cm³/mol.